The van der Waals surface area contributed by atoms with Crippen LogP contribution in [0.3, 0.4) is 0 Å². The molecule has 5 unspecified atom stereocenters. The van der Waals surface area contributed by atoms with Crippen molar-refractivity contribution >= 4 is 10.8 Å². The van der Waals surface area contributed by atoms with Gasteiger partial charge in [0, 0.05) is 0 Å². The van der Waals surface area contributed by atoms with Gasteiger partial charge in [-0.2, -0.15) is 0 Å². The van der Waals surface area contributed by atoms with Gasteiger partial charge in [0.1, 0.15) is 24.4 Å². The summed E-state index contributed by atoms with van der Waals surface area (Å²) in [5.41, 5.74) is 0.961. The molecule has 2 aromatic carbocycles. The van der Waals surface area contributed by atoms with E-state index in [1.807, 2.05) is 42.5 Å². The van der Waals surface area contributed by atoms with Crippen LogP contribution in [-0.2, 0) is 16.1 Å². The largest absolute Gasteiger partial charge is 0.394 e. The summed E-state index contributed by atoms with van der Waals surface area (Å²) in [6.07, 6.45) is -4.03. The zero-order valence-electron chi connectivity index (χ0n) is 13.0. The average molecular weight is 318 g/mol. The van der Waals surface area contributed by atoms with E-state index in [0.29, 0.717) is 0 Å². The van der Waals surface area contributed by atoms with E-state index in [1.165, 1.54) is 0 Å². The van der Waals surface area contributed by atoms with Gasteiger partial charge in [-0.1, -0.05) is 36.4 Å². The van der Waals surface area contributed by atoms with Gasteiger partial charge in [0.05, 0.1) is 19.3 Å². The van der Waals surface area contributed by atoms with Gasteiger partial charge in [0.25, 0.3) is 0 Å². The Morgan fingerprint density at radius 2 is 1.78 bits per heavy atom. The molecular formula is C18H22O5. The van der Waals surface area contributed by atoms with Crippen molar-refractivity contribution in [1.29, 1.82) is 0 Å². The molecule has 5 heteroatoms. The zero-order valence-corrected chi connectivity index (χ0v) is 13.0. The molecule has 3 N–H and O–H groups in total. The SMILES string of the molecule is CC1OC(CO)C(O)C(OCc2ccc3ccccc3c2)C1O. The minimum absolute atomic E-state index is 0.272. The maximum absolute atomic E-state index is 10.2. The van der Waals surface area contributed by atoms with Gasteiger partial charge in [-0.15, -0.1) is 0 Å². The Balaban J connectivity index is 1.72. The summed E-state index contributed by atoms with van der Waals surface area (Å²) < 4.78 is 11.1. The lowest BCUT2D eigenvalue weighted by Gasteiger charge is -2.41. The molecule has 1 heterocycles. The van der Waals surface area contributed by atoms with Crippen LogP contribution in [0.15, 0.2) is 42.5 Å². The van der Waals surface area contributed by atoms with Gasteiger partial charge in [-0.3, -0.25) is 0 Å². The van der Waals surface area contributed by atoms with Crippen LogP contribution in [0, 0.1) is 0 Å². The Bertz CT molecular complexity index is 659. The number of hydrogen-bond donors (Lipinski definition) is 3. The highest BCUT2D eigenvalue weighted by molar-refractivity contribution is 5.82. The molecule has 0 aromatic heterocycles. The molecule has 0 amide bonds. The number of aliphatic hydroxyl groups excluding tert-OH is 3. The molecule has 0 saturated carbocycles. The van der Waals surface area contributed by atoms with Gasteiger partial charge in [-0.25, -0.2) is 0 Å². The van der Waals surface area contributed by atoms with E-state index in [-0.39, 0.29) is 13.2 Å². The molecule has 1 aliphatic heterocycles. The zero-order chi connectivity index (χ0) is 16.4. The van der Waals surface area contributed by atoms with Gasteiger partial charge in [-0.05, 0) is 29.3 Å². The fraction of sp³-hybridized carbons (Fsp3) is 0.444. The summed E-state index contributed by atoms with van der Waals surface area (Å²) in [4.78, 5) is 0. The van der Waals surface area contributed by atoms with Crippen LogP contribution < -0.4 is 0 Å². The fourth-order valence-electron chi connectivity index (χ4n) is 2.99. The summed E-state index contributed by atoms with van der Waals surface area (Å²) in [7, 11) is 0. The molecule has 1 saturated heterocycles. The average Bonchev–Trinajstić information content (AvgIpc) is 2.58. The molecule has 1 fully saturated rings. The van der Waals surface area contributed by atoms with Crippen LogP contribution in [-0.4, -0.2) is 52.4 Å². The second-order valence-corrected chi connectivity index (χ2v) is 6.00. The van der Waals surface area contributed by atoms with Crippen molar-refractivity contribution in [3.05, 3.63) is 48.0 Å². The fourth-order valence-corrected chi connectivity index (χ4v) is 2.99. The third-order valence-electron chi connectivity index (χ3n) is 4.36. The Hall–Kier alpha value is -1.50. The van der Waals surface area contributed by atoms with Crippen LogP contribution >= 0.6 is 0 Å². The van der Waals surface area contributed by atoms with E-state index >= 15 is 0 Å². The molecule has 2 aromatic rings. The van der Waals surface area contributed by atoms with Crippen LogP contribution in [0.1, 0.15) is 12.5 Å². The van der Waals surface area contributed by atoms with Gasteiger partial charge in [0.15, 0.2) is 0 Å². The maximum atomic E-state index is 10.2. The summed E-state index contributed by atoms with van der Waals surface area (Å²) in [6.45, 7) is 1.66. The summed E-state index contributed by atoms with van der Waals surface area (Å²) in [6, 6.07) is 14.0. The van der Waals surface area contributed by atoms with Crippen molar-refractivity contribution < 1.29 is 24.8 Å². The number of rotatable bonds is 4. The molecule has 0 aliphatic carbocycles. The standard InChI is InChI=1S/C18H22O5/c1-11-16(20)18(17(21)15(9-19)23-11)22-10-12-6-7-13-4-2-3-5-14(13)8-12/h2-8,11,15-21H,9-10H2,1H3. The first-order valence-electron chi connectivity index (χ1n) is 7.82. The number of aliphatic hydroxyl groups is 3. The first kappa shape index (κ1) is 16.4. The van der Waals surface area contributed by atoms with Crippen LogP contribution in [0.4, 0.5) is 0 Å². The summed E-state index contributed by atoms with van der Waals surface area (Å²) >= 11 is 0. The van der Waals surface area contributed by atoms with E-state index in [4.69, 9.17) is 9.47 Å². The molecule has 3 rings (SSSR count). The van der Waals surface area contributed by atoms with Crippen LogP contribution in [0.5, 0.6) is 0 Å². The molecule has 0 radical (unpaired) electrons. The molecule has 0 bridgehead atoms. The van der Waals surface area contributed by atoms with Crippen molar-refractivity contribution in [2.45, 2.75) is 44.1 Å². The summed E-state index contributed by atoms with van der Waals surface area (Å²) in [5, 5.41) is 31.9. The van der Waals surface area contributed by atoms with E-state index in [0.717, 1.165) is 16.3 Å². The maximum Gasteiger partial charge on any atom is 0.115 e. The summed E-state index contributed by atoms with van der Waals surface area (Å²) in [5.74, 6) is 0. The quantitative estimate of drug-likeness (QED) is 0.790. The Morgan fingerprint density at radius 3 is 2.52 bits per heavy atom. The van der Waals surface area contributed by atoms with Gasteiger partial charge >= 0.3 is 0 Å². The van der Waals surface area contributed by atoms with Gasteiger partial charge < -0.3 is 24.8 Å². The third kappa shape index (κ3) is 3.39. The number of benzene rings is 2. The normalized spacial score (nSPS) is 31.4. The number of fused-ring (bicyclic) bond motifs is 1. The lowest BCUT2D eigenvalue weighted by Crippen LogP contribution is -2.58. The van der Waals surface area contributed by atoms with E-state index in [2.05, 4.69) is 0 Å². The molecule has 0 spiro atoms. The monoisotopic (exact) mass is 318 g/mol. The van der Waals surface area contributed by atoms with Crippen molar-refractivity contribution in [2.75, 3.05) is 6.61 Å². The smallest absolute Gasteiger partial charge is 0.115 e. The van der Waals surface area contributed by atoms with E-state index < -0.39 is 30.5 Å². The minimum Gasteiger partial charge on any atom is -0.394 e. The lowest BCUT2D eigenvalue weighted by atomic mass is 9.95. The highest BCUT2D eigenvalue weighted by Gasteiger charge is 2.43. The molecule has 5 atom stereocenters. The number of hydrogen-bond acceptors (Lipinski definition) is 5. The first-order chi connectivity index (χ1) is 11.1. The highest BCUT2D eigenvalue weighted by Crippen LogP contribution is 2.25. The predicted molar refractivity (Wildman–Crippen MR) is 86.0 cm³/mol. The van der Waals surface area contributed by atoms with E-state index in [1.54, 1.807) is 6.92 Å². The van der Waals surface area contributed by atoms with Crippen molar-refractivity contribution in [3.63, 3.8) is 0 Å². The minimum atomic E-state index is -1.06. The van der Waals surface area contributed by atoms with Crippen molar-refractivity contribution in [1.82, 2.24) is 0 Å². The topological polar surface area (TPSA) is 79.2 Å². The Morgan fingerprint density at radius 1 is 1.04 bits per heavy atom. The highest BCUT2D eigenvalue weighted by atomic mass is 16.6. The van der Waals surface area contributed by atoms with Crippen LogP contribution in [0.2, 0.25) is 0 Å². The lowest BCUT2D eigenvalue weighted by molar-refractivity contribution is -0.239. The second kappa shape index (κ2) is 6.95. The Labute approximate surface area is 135 Å². The van der Waals surface area contributed by atoms with E-state index in [9.17, 15) is 15.3 Å². The van der Waals surface area contributed by atoms with Crippen molar-refractivity contribution in [3.8, 4) is 0 Å². The second-order valence-electron chi connectivity index (χ2n) is 6.00. The van der Waals surface area contributed by atoms with Crippen molar-refractivity contribution in [2.24, 2.45) is 0 Å². The van der Waals surface area contributed by atoms with Crippen LogP contribution in [0.25, 0.3) is 10.8 Å². The molecule has 23 heavy (non-hydrogen) atoms. The third-order valence-corrected chi connectivity index (χ3v) is 4.36. The molecular weight excluding hydrogens is 296 g/mol. The molecule has 5 nitrogen and oxygen atoms in total. The molecule has 124 valence electrons. The predicted octanol–water partition coefficient (Wildman–Crippen LogP) is 1.23. The Kier molecular flexibility index (Phi) is 4.94. The van der Waals surface area contributed by atoms with Gasteiger partial charge in [0.2, 0.25) is 0 Å². The number of ether oxygens (including phenoxy) is 2. The molecule has 1 aliphatic rings. The first-order valence-corrected chi connectivity index (χ1v) is 7.82.